The Morgan fingerprint density at radius 3 is 2.92 bits per heavy atom. The minimum Gasteiger partial charge on any atom is -0.382 e. The molecule has 2 aliphatic rings. The van der Waals surface area contributed by atoms with Crippen LogP contribution in [0, 0.1) is 5.82 Å². The number of carbonyl (C=O) groups excluding carboxylic acids is 1. The Bertz CT molecular complexity index is 1300. The third kappa shape index (κ3) is 5.26. The van der Waals surface area contributed by atoms with E-state index < -0.39 is 0 Å². The number of nitrogens with zero attached hydrogens (tertiary/aromatic N) is 5. The molecule has 0 saturated carbocycles. The monoisotopic (exact) mass is 531 g/mol. The van der Waals surface area contributed by atoms with Gasteiger partial charge in [0.1, 0.15) is 11.6 Å². The number of fused-ring (bicyclic) bond motifs is 2. The molecule has 0 bridgehead atoms. The first-order valence-corrected chi connectivity index (χ1v) is 12.9. The van der Waals surface area contributed by atoms with Crippen molar-refractivity contribution >= 4 is 34.4 Å². The lowest BCUT2D eigenvalue weighted by molar-refractivity contribution is 0.0212. The van der Waals surface area contributed by atoms with Crippen LogP contribution in [0.5, 0.6) is 0 Å². The highest BCUT2D eigenvalue weighted by atomic mass is 35.5. The van der Waals surface area contributed by atoms with E-state index in [9.17, 15) is 4.79 Å². The summed E-state index contributed by atoms with van der Waals surface area (Å²) < 4.78 is 27.9. The summed E-state index contributed by atoms with van der Waals surface area (Å²) in [5.74, 6) is -0.129. The number of ether oxygens (including phenoxy) is 2. The van der Waals surface area contributed by atoms with Gasteiger partial charge < -0.3 is 30.0 Å². The molecule has 1 amide bonds. The van der Waals surface area contributed by atoms with Crippen molar-refractivity contribution in [2.75, 3.05) is 38.3 Å². The van der Waals surface area contributed by atoms with Crippen LogP contribution in [0.1, 0.15) is 35.1 Å². The minimum atomic E-state index is -0.362. The van der Waals surface area contributed by atoms with Gasteiger partial charge in [0.25, 0.3) is 5.91 Å². The van der Waals surface area contributed by atoms with E-state index >= 15 is 4.39 Å². The van der Waals surface area contributed by atoms with Crippen LogP contribution in [0.4, 0.5) is 10.2 Å². The van der Waals surface area contributed by atoms with Crippen molar-refractivity contribution in [2.24, 2.45) is 5.73 Å². The Morgan fingerprint density at radius 1 is 1.30 bits per heavy atom. The van der Waals surface area contributed by atoms with E-state index in [4.69, 9.17) is 31.8 Å². The highest BCUT2D eigenvalue weighted by Crippen LogP contribution is 2.29. The molecule has 3 unspecified atom stereocenters. The molecule has 0 radical (unpaired) electrons. The van der Waals surface area contributed by atoms with Crippen LogP contribution in [0.3, 0.4) is 0 Å². The van der Waals surface area contributed by atoms with E-state index in [1.807, 2.05) is 16.4 Å². The Balaban J connectivity index is 1.25. The minimum absolute atomic E-state index is 0.159. The predicted octanol–water partition coefficient (Wildman–Crippen LogP) is 2.10. The molecule has 3 aromatic rings. The Hall–Kier alpha value is -2.86. The smallest absolute Gasteiger partial charge is 0.272 e. The fourth-order valence-electron chi connectivity index (χ4n) is 5.04. The summed E-state index contributed by atoms with van der Waals surface area (Å²) in [6.45, 7) is 4.71. The zero-order chi connectivity index (χ0) is 26.1. The zero-order valence-electron chi connectivity index (χ0n) is 20.9. The van der Waals surface area contributed by atoms with Crippen molar-refractivity contribution in [1.29, 1.82) is 0 Å². The highest BCUT2D eigenvalue weighted by molar-refractivity contribution is 6.35. The number of hydrogen-bond donors (Lipinski definition) is 2. The molecule has 1 aliphatic heterocycles. The Labute approximate surface area is 219 Å². The number of nitrogens with two attached hydrogens (primary N) is 1. The van der Waals surface area contributed by atoms with Gasteiger partial charge in [-0.05, 0) is 32.3 Å². The zero-order valence-corrected chi connectivity index (χ0v) is 21.7. The summed E-state index contributed by atoms with van der Waals surface area (Å²) >= 11 is 6.31. The second-order valence-corrected chi connectivity index (χ2v) is 9.91. The van der Waals surface area contributed by atoms with Gasteiger partial charge in [-0.25, -0.2) is 9.37 Å². The number of hydrogen-bond acceptors (Lipinski definition) is 8. The summed E-state index contributed by atoms with van der Waals surface area (Å²) in [7, 11) is 1.62. The molecule has 3 aromatic heterocycles. The van der Waals surface area contributed by atoms with Gasteiger partial charge in [-0.3, -0.25) is 4.79 Å². The lowest BCUT2D eigenvalue weighted by atomic mass is 9.91. The van der Waals surface area contributed by atoms with E-state index in [1.165, 1.54) is 6.07 Å². The predicted molar refractivity (Wildman–Crippen MR) is 137 cm³/mol. The van der Waals surface area contributed by atoms with Gasteiger partial charge in [0.05, 0.1) is 30.4 Å². The van der Waals surface area contributed by atoms with Crippen LogP contribution in [0.15, 0.2) is 18.3 Å². The number of methoxy groups -OCH3 is 1. The van der Waals surface area contributed by atoms with Gasteiger partial charge in [0, 0.05) is 61.7 Å². The number of aryl methyl sites for hydroxylation is 2. The molecule has 198 valence electrons. The third-order valence-corrected chi connectivity index (χ3v) is 7.36. The van der Waals surface area contributed by atoms with Gasteiger partial charge in [-0.1, -0.05) is 11.6 Å². The Morgan fingerprint density at radius 2 is 2.14 bits per heavy atom. The van der Waals surface area contributed by atoms with Crippen LogP contribution in [-0.4, -0.2) is 77.3 Å². The number of carbonyl (C=O) groups is 1. The van der Waals surface area contributed by atoms with Crippen LogP contribution in [-0.2, 0) is 28.9 Å². The first-order chi connectivity index (χ1) is 17.9. The number of aromatic nitrogens is 4. The van der Waals surface area contributed by atoms with Crippen LogP contribution in [0.25, 0.3) is 11.0 Å². The fraction of sp³-hybridized carbons (Fsp3) is 0.520. The largest absolute Gasteiger partial charge is 0.382 e. The van der Waals surface area contributed by atoms with Gasteiger partial charge in [-0.2, -0.15) is 0 Å². The number of pyridine rings is 1. The number of rotatable bonds is 8. The summed E-state index contributed by atoms with van der Waals surface area (Å²) in [4.78, 5) is 19.6. The molecule has 1 fully saturated rings. The first-order valence-electron chi connectivity index (χ1n) is 12.5. The molecule has 37 heavy (non-hydrogen) atoms. The second-order valence-electron chi connectivity index (χ2n) is 9.50. The molecule has 3 N–H and O–H groups in total. The molecular weight excluding hydrogens is 501 g/mol. The summed E-state index contributed by atoms with van der Waals surface area (Å²) in [6, 6.07) is 2.67. The number of halogens is 2. The maximum Gasteiger partial charge on any atom is 0.272 e. The van der Waals surface area contributed by atoms with Gasteiger partial charge in [-0.15, -0.1) is 10.2 Å². The molecule has 4 heterocycles. The average Bonchev–Trinajstić information content (AvgIpc) is 3.43. The SMILES string of the molecule is CCn1cc(Cl)c2cc(C(=O)NC3CCc4nc(N5CC(N)C(OCCOC)C5)cc(F)c4C3)nnc21. The molecule has 1 saturated heterocycles. The highest BCUT2D eigenvalue weighted by Gasteiger charge is 2.33. The van der Waals surface area contributed by atoms with E-state index in [1.54, 1.807) is 19.4 Å². The maximum absolute atomic E-state index is 15.2. The fourth-order valence-corrected chi connectivity index (χ4v) is 5.30. The quantitative estimate of drug-likeness (QED) is 0.424. The summed E-state index contributed by atoms with van der Waals surface area (Å²) in [6.07, 6.45) is 3.15. The van der Waals surface area contributed by atoms with E-state index in [-0.39, 0.29) is 35.6 Å². The van der Waals surface area contributed by atoms with E-state index in [0.717, 1.165) is 0 Å². The molecule has 10 nitrogen and oxygen atoms in total. The second kappa shape index (κ2) is 10.9. The lowest BCUT2D eigenvalue weighted by Crippen LogP contribution is -2.40. The van der Waals surface area contributed by atoms with Crippen LogP contribution in [0.2, 0.25) is 5.02 Å². The van der Waals surface area contributed by atoms with Crippen LogP contribution < -0.4 is 16.0 Å². The molecule has 0 spiro atoms. The maximum atomic E-state index is 15.2. The van der Waals surface area contributed by atoms with Gasteiger partial charge >= 0.3 is 0 Å². The topological polar surface area (TPSA) is 120 Å². The molecule has 0 aromatic carbocycles. The van der Waals surface area contributed by atoms with Gasteiger partial charge in [0.15, 0.2) is 11.3 Å². The molecule has 5 rings (SSSR count). The van der Waals surface area contributed by atoms with Crippen molar-refractivity contribution < 1.29 is 18.7 Å². The molecule has 1 aliphatic carbocycles. The van der Waals surface area contributed by atoms with Crippen molar-refractivity contribution in [2.45, 2.75) is 50.9 Å². The van der Waals surface area contributed by atoms with Gasteiger partial charge in [0.2, 0.25) is 0 Å². The van der Waals surface area contributed by atoms with Crippen LogP contribution >= 0.6 is 11.6 Å². The summed E-state index contributed by atoms with van der Waals surface area (Å²) in [5.41, 5.74) is 8.29. The third-order valence-electron chi connectivity index (χ3n) is 7.06. The number of amides is 1. The number of anilines is 1. The molecule has 3 atom stereocenters. The van der Waals surface area contributed by atoms with Crippen molar-refractivity contribution in [1.82, 2.24) is 25.1 Å². The average molecular weight is 532 g/mol. The normalized spacial score (nSPS) is 21.4. The first kappa shape index (κ1) is 25.8. The lowest BCUT2D eigenvalue weighted by Gasteiger charge is -2.27. The van der Waals surface area contributed by atoms with Crippen molar-refractivity contribution in [3.63, 3.8) is 0 Å². The molecular formula is C25H31ClFN7O3. The van der Waals surface area contributed by atoms with Crippen molar-refractivity contribution in [3.8, 4) is 0 Å². The molecule has 12 heteroatoms. The standard InChI is InChI=1S/C25H31ClFN7O3/c1-3-33-11-17(26)15-9-21(31-32-24(15)33)25(35)29-14-4-5-20-16(8-14)18(27)10-23(30-20)34-12-19(28)22(13-34)37-7-6-36-2/h9-11,14,19,22H,3-8,12-13,28H2,1-2H3,(H,29,35). The van der Waals surface area contributed by atoms with Crippen molar-refractivity contribution in [3.05, 3.63) is 46.1 Å². The Kier molecular flexibility index (Phi) is 7.57. The number of nitrogens with one attached hydrogen (secondary N) is 1. The van der Waals surface area contributed by atoms with E-state index in [0.29, 0.717) is 85.2 Å². The van der Waals surface area contributed by atoms with E-state index in [2.05, 4.69) is 15.5 Å². The summed E-state index contributed by atoms with van der Waals surface area (Å²) in [5, 5.41) is 12.4.